The van der Waals surface area contributed by atoms with E-state index in [1.165, 1.54) is 0 Å². The number of rotatable bonds is 1. The molecule has 0 radical (unpaired) electrons. The van der Waals surface area contributed by atoms with E-state index >= 15 is 0 Å². The lowest BCUT2D eigenvalue weighted by Crippen LogP contribution is -1.44. The van der Waals surface area contributed by atoms with Crippen molar-refractivity contribution in [1.82, 2.24) is 0 Å². The van der Waals surface area contributed by atoms with Gasteiger partial charge in [0, 0.05) is 0 Å². The third-order valence-electron chi connectivity index (χ3n) is 0.0833. The van der Waals surface area contributed by atoms with E-state index in [-0.39, 0.29) is 0 Å². The predicted molar refractivity (Wildman–Crippen MR) is 16.3 cm³/mol. The summed E-state index contributed by atoms with van der Waals surface area (Å²) in [4.78, 5) is 9.36. The molecule has 0 atom stereocenters. The first-order valence-corrected chi connectivity index (χ1v) is 0.901. The number of hydrogen-bond acceptors (Lipinski definition) is 1. The molecule has 1 nitrogen and oxygen atoms in total. The number of carbonyl (C=O) groups excluding carboxylic acids is 1. The van der Waals surface area contributed by atoms with Gasteiger partial charge in [-0.25, -0.2) is 0 Å². The largest absolute Gasteiger partial charge is 0.299 e. The molecule has 0 aromatic carbocycles. The van der Waals surface area contributed by atoms with Gasteiger partial charge in [-0.15, -0.1) is 0 Å². The average molecular weight is 58.1 g/mol. The molecule has 0 heterocycles. The lowest BCUT2D eigenvalue weighted by atomic mass is 10.8. The smallest absolute Gasteiger partial charge is 0.142 e. The maximum atomic E-state index is 9.36. The van der Waals surface area contributed by atoms with E-state index in [1.54, 1.807) is 0 Å². The average Bonchev–Trinajstić information content (AvgIpc) is 1.38. The van der Waals surface area contributed by atoms with Crippen molar-refractivity contribution in [1.29, 1.82) is 0 Å². The van der Waals surface area contributed by atoms with Gasteiger partial charge in [0.15, 0.2) is 0 Å². The SMILES string of the molecule is [3H]C(=O)C=C. The summed E-state index contributed by atoms with van der Waals surface area (Å²) >= 11 is 0. The number of aldehydes is 1. The summed E-state index contributed by atoms with van der Waals surface area (Å²) in [5.74, 6) is 0. The molecule has 0 aliphatic carbocycles. The predicted octanol–water partition coefficient (Wildman–Crippen LogP) is 0.371. The minimum absolute atomic E-state index is 0.731. The van der Waals surface area contributed by atoms with Crippen molar-refractivity contribution in [2.45, 2.75) is 0 Å². The Morgan fingerprint density at radius 1 is 2.25 bits per heavy atom. The standard InChI is InChI=1S/C3H4O/c1-2-3-4/h2-3H,1H2/i3T. The van der Waals surface area contributed by atoms with E-state index < -0.39 is 6.26 Å². The zero-order valence-electron chi connectivity index (χ0n) is 3.19. The summed E-state index contributed by atoms with van der Waals surface area (Å²) in [6, 6.07) is 0. The van der Waals surface area contributed by atoms with E-state index in [1.807, 2.05) is 0 Å². The minimum Gasteiger partial charge on any atom is -0.299 e. The molecule has 0 amide bonds. The third-order valence-corrected chi connectivity index (χ3v) is 0.0833. The van der Waals surface area contributed by atoms with Crippen LogP contribution in [0.15, 0.2) is 12.7 Å². The quantitative estimate of drug-likeness (QED) is 0.314. The molecule has 0 spiro atoms. The zero-order chi connectivity index (χ0) is 4.28. The first-order chi connectivity index (χ1) is 2.27. The van der Waals surface area contributed by atoms with Crippen LogP contribution in [0.3, 0.4) is 0 Å². The van der Waals surface area contributed by atoms with Crippen LogP contribution in [0.1, 0.15) is 1.37 Å². The molecule has 0 saturated heterocycles. The van der Waals surface area contributed by atoms with Gasteiger partial charge < -0.3 is 0 Å². The molecule has 0 fully saturated rings. The van der Waals surface area contributed by atoms with Crippen LogP contribution in [0.2, 0.25) is 0 Å². The summed E-state index contributed by atoms with van der Waals surface area (Å²) in [6.45, 7) is 3.02. The summed E-state index contributed by atoms with van der Waals surface area (Å²) in [6.07, 6.45) is 0.213. The van der Waals surface area contributed by atoms with Gasteiger partial charge in [-0.1, -0.05) is 6.58 Å². The Balaban J connectivity index is 3.20. The van der Waals surface area contributed by atoms with E-state index in [2.05, 4.69) is 6.58 Å². The molecule has 0 N–H and O–H groups in total. The van der Waals surface area contributed by atoms with Gasteiger partial charge in [-0.2, -0.15) is 0 Å². The first-order valence-electron chi connectivity index (χ1n) is 1.40. The molecule has 22 valence electrons. The fourth-order valence-corrected chi connectivity index (χ4v) is 0. The van der Waals surface area contributed by atoms with Crippen molar-refractivity contribution in [2.24, 2.45) is 0 Å². The maximum absolute atomic E-state index is 9.36. The molecular formula is C3H4O. The maximum Gasteiger partial charge on any atom is 0.142 e. The minimum atomic E-state index is -0.731. The summed E-state index contributed by atoms with van der Waals surface area (Å²) in [7, 11) is 0. The van der Waals surface area contributed by atoms with Crippen molar-refractivity contribution in [3.8, 4) is 0 Å². The van der Waals surface area contributed by atoms with Crippen LogP contribution < -0.4 is 0 Å². The van der Waals surface area contributed by atoms with E-state index in [0.29, 0.717) is 0 Å². The zero-order valence-corrected chi connectivity index (χ0v) is 2.19. The topological polar surface area (TPSA) is 17.1 Å². The van der Waals surface area contributed by atoms with E-state index in [9.17, 15) is 4.79 Å². The second kappa shape index (κ2) is 2.41. The van der Waals surface area contributed by atoms with Gasteiger partial charge in [0.05, 0.1) is 0 Å². The van der Waals surface area contributed by atoms with Crippen LogP contribution in [0.5, 0.6) is 0 Å². The summed E-state index contributed by atoms with van der Waals surface area (Å²) in [5.41, 5.74) is 0. The number of hydrogen-bond donors (Lipinski definition) is 0. The third kappa shape index (κ3) is 1.41. The molecular weight excluding hydrogens is 52.0 g/mol. The highest BCUT2D eigenvalue weighted by Crippen LogP contribution is 1.35. The monoisotopic (exact) mass is 58.0 g/mol. The van der Waals surface area contributed by atoms with Gasteiger partial charge in [0.25, 0.3) is 0 Å². The van der Waals surface area contributed by atoms with Gasteiger partial charge >= 0.3 is 0 Å². The highest BCUT2D eigenvalue weighted by atomic mass is 16.1. The molecule has 0 unspecified atom stereocenters. The van der Waals surface area contributed by atoms with Crippen LogP contribution >= 0.6 is 0 Å². The van der Waals surface area contributed by atoms with Crippen LogP contribution in [0, 0.1) is 0 Å². The molecule has 4 heavy (non-hydrogen) atoms. The Morgan fingerprint density at radius 3 is 2.50 bits per heavy atom. The second-order valence-electron chi connectivity index (χ2n) is 0.322. The number of carbonyl (C=O) groups is 1. The normalized spacial score (nSPS) is 8.50. The Bertz CT molecular complexity index is 57.9. The van der Waals surface area contributed by atoms with Crippen molar-refractivity contribution in [3.63, 3.8) is 0 Å². The van der Waals surface area contributed by atoms with E-state index in [0.717, 1.165) is 6.08 Å². The Hall–Kier alpha value is -0.590. The van der Waals surface area contributed by atoms with Crippen LogP contribution in [0.25, 0.3) is 0 Å². The molecule has 0 aliphatic rings. The lowest BCUT2D eigenvalue weighted by Gasteiger charge is -1.37. The number of allylic oxidation sites excluding steroid dienone is 1. The Morgan fingerprint density at radius 2 is 2.50 bits per heavy atom. The van der Waals surface area contributed by atoms with Gasteiger partial charge in [-0.3, -0.25) is 4.79 Å². The van der Waals surface area contributed by atoms with Crippen molar-refractivity contribution in [2.75, 3.05) is 0 Å². The molecule has 1 heteroatoms. The van der Waals surface area contributed by atoms with Crippen molar-refractivity contribution >= 4 is 6.26 Å². The molecule has 0 aromatic heterocycles. The molecule has 0 saturated carbocycles. The van der Waals surface area contributed by atoms with Crippen LogP contribution in [-0.4, -0.2) is 6.26 Å². The first kappa shape index (κ1) is 1.70. The highest BCUT2D eigenvalue weighted by Gasteiger charge is 1.38. The highest BCUT2D eigenvalue weighted by molar-refractivity contribution is 5.63. The molecule has 0 rings (SSSR count). The van der Waals surface area contributed by atoms with Crippen LogP contribution in [0.4, 0.5) is 0 Å². The molecule has 0 aliphatic heterocycles. The fourth-order valence-electron chi connectivity index (χ4n) is 0. The van der Waals surface area contributed by atoms with Gasteiger partial charge in [-0.05, 0) is 6.08 Å². The fraction of sp³-hybridized carbons (Fsp3) is 0. The Kier molecular flexibility index (Phi) is 1.03. The van der Waals surface area contributed by atoms with E-state index in [4.69, 9.17) is 1.37 Å². The Labute approximate surface area is 26.3 Å². The summed E-state index contributed by atoms with van der Waals surface area (Å²) in [5, 5.41) is 0. The summed E-state index contributed by atoms with van der Waals surface area (Å²) < 4.78 is 6.07. The molecule has 0 aromatic rings. The lowest BCUT2D eigenvalue weighted by molar-refractivity contribution is -0.104. The van der Waals surface area contributed by atoms with Gasteiger partial charge in [0.2, 0.25) is 0 Å². The second-order valence-corrected chi connectivity index (χ2v) is 0.322. The van der Waals surface area contributed by atoms with Gasteiger partial charge in [0.1, 0.15) is 7.63 Å². The van der Waals surface area contributed by atoms with Crippen molar-refractivity contribution < 1.29 is 6.17 Å². The van der Waals surface area contributed by atoms with Crippen molar-refractivity contribution in [3.05, 3.63) is 12.7 Å². The van der Waals surface area contributed by atoms with Crippen LogP contribution in [-0.2, 0) is 4.79 Å². The molecule has 0 bridgehead atoms.